The summed E-state index contributed by atoms with van der Waals surface area (Å²) in [5, 5.41) is 24.7. The van der Waals surface area contributed by atoms with Crippen LogP contribution in [0.25, 0.3) is 141 Å². The van der Waals surface area contributed by atoms with E-state index in [1.807, 2.05) is 0 Å². The largest absolute Gasteiger partial charge is 0.0776 e. The van der Waals surface area contributed by atoms with Crippen LogP contribution in [0.5, 0.6) is 0 Å². The van der Waals surface area contributed by atoms with Crippen LogP contribution in [-0.2, 0) is 0 Å². The molecule has 0 bridgehead atoms. The maximum Gasteiger partial charge on any atom is 0.0776 e. The van der Waals surface area contributed by atoms with Gasteiger partial charge in [-0.2, -0.15) is 0 Å². The second kappa shape index (κ2) is 18.4. The molecule has 0 aliphatic heterocycles. The molecule has 0 N–H and O–H groups in total. The Morgan fingerprint density at radius 1 is 0.197 bits per heavy atom. The fourth-order valence-electron chi connectivity index (χ4n) is 12.3. The summed E-state index contributed by atoms with van der Waals surface area (Å²) < 4.78 is 0. The molecule has 0 saturated heterocycles. The monoisotopic (exact) mass is 982 g/mol. The quantitative estimate of drug-likeness (QED) is 0.0916. The second-order valence-electron chi connectivity index (χ2n) is 21.5. The molecule has 15 rings (SSSR count). The molecule has 0 saturated carbocycles. The highest BCUT2D eigenvalue weighted by Crippen LogP contribution is 2.48. The first-order valence-corrected chi connectivity index (χ1v) is 30.1. The summed E-state index contributed by atoms with van der Waals surface area (Å²) >= 11 is 0. The Balaban J connectivity index is 0.000000142. The van der Waals surface area contributed by atoms with Gasteiger partial charge in [-0.05, 0) is 172 Å². The molecule has 0 radical (unpaired) electrons. The molecule has 0 fully saturated rings. The first-order valence-electron chi connectivity index (χ1n) is 26.6. The molecule has 0 aliphatic carbocycles. The van der Waals surface area contributed by atoms with Gasteiger partial charge < -0.3 is 0 Å². The minimum atomic E-state index is -1.47. The van der Waals surface area contributed by atoms with Gasteiger partial charge in [-0.25, -0.2) is 0 Å². The summed E-state index contributed by atoms with van der Waals surface area (Å²) in [6.45, 7) is 7.30. The van der Waals surface area contributed by atoms with E-state index >= 15 is 0 Å². The van der Waals surface area contributed by atoms with Gasteiger partial charge in [0.25, 0.3) is 0 Å². The highest BCUT2D eigenvalue weighted by atomic mass is 28.3. The topological polar surface area (TPSA) is 0 Å². The Hall–Kier alpha value is -9.14. The molecule has 0 amide bonds. The van der Waals surface area contributed by atoms with Crippen LogP contribution in [-0.4, -0.2) is 8.07 Å². The minimum absolute atomic E-state index is 1.25. The van der Waals surface area contributed by atoms with Crippen LogP contribution in [0.3, 0.4) is 0 Å². The Kier molecular flexibility index (Phi) is 11.0. The van der Waals surface area contributed by atoms with Crippen LogP contribution in [0.1, 0.15) is 0 Å². The van der Waals surface area contributed by atoms with Gasteiger partial charge in [-0.15, -0.1) is 0 Å². The van der Waals surface area contributed by atoms with Crippen molar-refractivity contribution in [1.82, 2.24) is 0 Å². The van der Waals surface area contributed by atoms with E-state index in [1.54, 1.807) is 0 Å². The Morgan fingerprint density at radius 2 is 0.579 bits per heavy atom. The molecule has 0 aromatic heterocycles. The van der Waals surface area contributed by atoms with E-state index in [-0.39, 0.29) is 0 Å². The van der Waals surface area contributed by atoms with Crippen molar-refractivity contribution in [3.8, 4) is 44.5 Å². The van der Waals surface area contributed by atoms with Crippen LogP contribution < -0.4 is 5.19 Å². The maximum atomic E-state index is 2.49. The standard InChI is InChI=1S/C42H26.C33H28Si/c1-2-12-28-23-31(22-21-27(28)11-1)41-35-17-7-9-19-37(35)42(38-20-10-8-18-36(38)41)40-26-32-24-29-13-3-4-14-30(29)25-39(32)33-15-5-6-16-34(33)40;1-34(2,3)27-19-20-30-31(22-27)32(24-12-5-4-6-13-24)28-15-9-10-16-29(28)33(30)26-18-17-23-11-7-8-14-25(23)21-26/h1-26H;4-22H,1-3H3. The zero-order valence-electron chi connectivity index (χ0n) is 43.0. The van der Waals surface area contributed by atoms with Gasteiger partial charge in [0.15, 0.2) is 0 Å². The Morgan fingerprint density at radius 3 is 1.08 bits per heavy atom. The molecule has 15 aromatic carbocycles. The predicted octanol–water partition coefficient (Wildman–Crippen LogP) is 21.0. The summed E-state index contributed by atoms with van der Waals surface area (Å²) in [5.74, 6) is 0. The molecule has 0 unspecified atom stereocenters. The minimum Gasteiger partial charge on any atom is -0.0656 e. The number of rotatable bonds is 5. The van der Waals surface area contributed by atoms with E-state index in [0.29, 0.717) is 0 Å². The normalized spacial score (nSPS) is 11.9. The third kappa shape index (κ3) is 7.74. The van der Waals surface area contributed by atoms with Gasteiger partial charge in [-0.1, -0.05) is 267 Å². The van der Waals surface area contributed by atoms with Crippen LogP contribution in [0.2, 0.25) is 19.6 Å². The van der Waals surface area contributed by atoms with Gasteiger partial charge >= 0.3 is 0 Å². The lowest BCUT2D eigenvalue weighted by atomic mass is 9.83. The van der Waals surface area contributed by atoms with Gasteiger partial charge in [0.2, 0.25) is 0 Å². The highest BCUT2D eigenvalue weighted by molar-refractivity contribution is 6.88. The molecule has 0 atom stereocenters. The van der Waals surface area contributed by atoms with Gasteiger partial charge in [-0.3, -0.25) is 0 Å². The van der Waals surface area contributed by atoms with Crippen molar-refractivity contribution in [3.05, 3.63) is 273 Å². The smallest absolute Gasteiger partial charge is 0.0656 e. The van der Waals surface area contributed by atoms with Crippen molar-refractivity contribution in [2.24, 2.45) is 0 Å². The zero-order chi connectivity index (χ0) is 50.9. The SMILES string of the molecule is C[Si](C)(C)c1ccc2c(-c3ccc4ccccc4c3)c3ccccc3c(-c3ccccc3)c2c1.c1ccc2cc(-c3c4ccccc4c(-c4cc5cc6ccccc6cc5c5ccccc45)c4ccccc34)ccc2c1. The second-order valence-corrected chi connectivity index (χ2v) is 26.6. The van der Waals surface area contributed by atoms with Crippen molar-refractivity contribution in [2.75, 3.05) is 0 Å². The molecule has 76 heavy (non-hydrogen) atoms. The molecule has 0 spiro atoms. The Labute approximate surface area is 444 Å². The van der Waals surface area contributed by atoms with Gasteiger partial charge in [0, 0.05) is 0 Å². The summed E-state index contributed by atoms with van der Waals surface area (Å²) in [7, 11) is -1.47. The zero-order valence-corrected chi connectivity index (χ0v) is 44.0. The predicted molar refractivity (Wildman–Crippen MR) is 335 cm³/mol. The van der Waals surface area contributed by atoms with Crippen LogP contribution in [0.15, 0.2) is 273 Å². The van der Waals surface area contributed by atoms with Crippen LogP contribution in [0, 0.1) is 0 Å². The maximum absolute atomic E-state index is 2.49. The lowest BCUT2D eigenvalue weighted by Gasteiger charge is -2.22. The Bertz CT molecular complexity index is 4730. The van der Waals surface area contributed by atoms with E-state index in [2.05, 4.69) is 293 Å². The van der Waals surface area contributed by atoms with Crippen molar-refractivity contribution in [1.29, 1.82) is 0 Å². The van der Waals surface area contributed by atoms with Crippen LogP contribution in [0.4, 0.5) is 0 Å². The van der Waals surface area contributed by atoms with Crippen LogP contribution >= 0.6 is 0 Å². The van der Waals surface area contributed by atoms with E-state index in [0.717, 1.165) is 0 Å². The molecule has 358 valence electrons. The van der Waals surface area contributed by atoms with Crippen molar-refractivity contribution < 1.29 is 0 Å². The van der Waals surface area contributed by atoms with Gasteiger partial charge in [0.1, 0.15) is 0 Å². The first-order chi connectivity index (χ1) is 37.3. The third-order valence-corrected chi connectivity index (χ3v) is 18.0. The van der Waals surface area contributed by atoms with E-state index in [4.69, 9.17) is 0 Å². The fourth-order valence-corrected chi connectivity index (χ4v) is 13.5. The van der Waals surface area contributed by atoms with E-state index in [1.165, 1.54) is 147 Å². The molecule has 0 aliphatic rings. The van der Waals surface area contributed by atoms with Crippen molar-refractivity contribution >= 4 is 110 Å². The lowest BCUT2D eigenvalue weighted by Crippen LogP contribution is -2.37. The summed E-state index contributed by atoms with van der Waals surface area (Å²) in [6.07, 6.45) is 0. The number of fused-ring (bicyclic) bond motifs is 10. The molecule has 15 aromatic rings. The lowest BCUT2D eigenvalue weighted by molar-refractivity contribution is 1.66. The summed E-state index contributed by atoms with van der Waals surface area (Å²) in [4.78, 5) is 0. The van der Waals surface area contributed by atoms with Crippen molar-refractivity contribution in [3.63, 3.8) is 0 Å². The average molecular weight is 983 g/mol. The first kappa shape index (κ1) is 45.5. The van der Waals surface area contributed by atoms with E-state index < -0.39 is 8.07 Å². The number of hydrogen-bond donors (Lipinski definition) is 0. The molecule has 0 heterocycles. The van der Waals surface area contributed by atoms with E-state index in [9.17, 15) is 0 Å². The van der Waals surface area contributed by atoms with Crippen molar-refractivity contribution in [2.45, 2.75) is 19.6 Å². The fraction of sp³-hybridized carbons (Fsp3) is 0.0400. The number of benzene rings is 15. The number of hydrogen-bond acceptors (Lipinski definition) is 0. The molecule has 0 nitrogen and oxygen atoms in total. The molecule has 1 heteroatoms. The average Bonchev–Trinajstić information content (AvgIpc) is 3.57. The molecular weight excluding hydrogens is 929 g/mol. The molecular formula is C75H54Si. The highest BCUT2D eigenvalue weighted by Gasteiger charge is 2.23. The van der Waals surface area contributed by atoms with Gasteiger partial charge in [0.05, 0.1) is 8.07 Å². The third-order valence-electron chi connectivity index (χ3n) is 16.0. The summed E-state index contributed by atoms with van der Waals surface area (Å²) in [5.41, 5.74) is 10.4. The summed E-state index contributed by atoms with van der Waals surface area (Å²) in [6, 6.07) is 101.